The van der Waals surface area contributed by atoms with Crippen molar-refractivity contribution in [3.63, 3.8) is 0 Å². The Hall–Kier alpha value is -5.78. The van der Waals surface area contributed by atoms with Crippen molar-refractivity contribution in [1.82, 2.24) is 19.5 Å². The SMILES string of the molecule is C#Cc1c2c(n(Cc3ccc(-c4nc(C5=C[I-]CC=C5)nc(-c5ccccc5)n4)cc3)c1-c1c(C)oc3ccccc13)C=CC(C(/C=C\C)=C/C=C)C2. The Morgan fingerprint density at radius 2 is 1.70 bits per heavy atom. The van der Waals surface area contributed by atoms with Gasteiger partial charge in [-0.1, -0.05) is 61.1 Å². The van der Waals surface area contributed by atoms with E-state index in [-0.39, 0.29) is 27.1 Å². The zero-order valence-corrected chi connectivity index (χ0v) is 31.9. The van der Waals surface area contributed by atoms with Crippen LogP contribution in [0.1, 0.15) is 40.9 Å². The number of allylic oxidation sites excluding steroid dienone is 9. The molecule has 260 valence electrons. The third kappa shape index (κ3) is 6.69. The number of terminal acetylenes is 1. The molecule has 53 heavy (non-hydrogen) atoms. The molecule has 0 fully saturated rings. The van der Waals surface area contributed by atoms with Crippen molar-refractivity contribution in [2.24, 2.45) is 5.92 Å². The number of aromatic nitrogens is 4. The molecule has 6 aromatic rings. The molecule has 4 heterocycles. The van der Waals surface area contributed by atoms with Gasteiger partial charge in [0.15, 0.2) is 0 Å². The fraction of sp³-hybridized carbons (Fsp3) is 0.128. The summed E-state index contributed by atoms with van der Waals surface area (Å²) >= 11 is -0.0383. The number of hydrogen-bond donors (Lipinski definition) is 0. The van der Waals surface area contributed by atoms with Crippen LogP contribution in [0.2, 0.25) is 0 Å². The molecule has 1 aliphatic carbocycles. The smallest absolute Gasteiger partial charge is 0.461 e. The van der Waals surface area contributed by atoms with Gasteiger partial charge in [-0.25, -0.2) is 0 Å². The van der Waals surface area contributed by atoms with Crippen molar-refractivity contribution >= 4 is 22.6 Å². The van der Waals surface area contributed by atoms with Gasteiger partial charge in [-0.05, 0) is 43.5 Å². The van der Waals surface area contributed by atoms with Crippen LogP contribution < -0.4 is 21.2 Å². The minimum atomic E-state index is -0.0383. The maximum absolute atomic E-state index is 6.44. The fourth-order valence-electron chi connectivity index (χ4n) is 7.29. The number of nitrogens with zero attached hydrogens (tertiary/aromatic N) is 4. The summed E-state index contributed by atoms with van der Waals surface area (Å²) in [4.78, 5) is 14.9. The first-order chi connectivity index (χ1) is 26.1. The van der Waals surface area contributed by atoms with Crippen LogP contribution >= 0.6 is 0 Å². The molecule has 0 bridgehead atoms. The summed E-state index contributed by atoms with van der Waals surface area (Å²) < 4.78 is 12.1. The molecule has 8 rings (SSSR count). The maximum atomic E-state index is 6.44. The topological polar surface area (TPSA) is 56.7 Å². The van der Waals surface area contributed by atoms with Crippen LogP contribution in [-0.2, 0) is 13.0 Å². The summed E-state index contributed by atoms with van der Waals surface area (Å²) in [5, 5.41) is 1.06. The summed E-state index contributed by atoms with van der Waals surface area (Å²) in [5.41, 5.74) is 11.4. The number of aryl methyl sites for hydroxylation is 1. The molecule has 0 spiro atoms. The molecule has 0 saturated carbocycles. The molecule has 1 aliphatic heterocycles. The van der Waals surface area contributed by atoms with Crippen LogP contribution in [-0.4, -0.2) is 23.9 Å². The summed E-state index contributed by atoms with van der Waals surface area (Å²) in [5.74, 6) is 6.21. The van der Waals surface area contributed by atoms with Gasteiger partial charge in [-0.2, -0.15) is 0 Å². The number of para-hydroxylation sites is 1. The van der Waals surface area contributed by atoms with Crippen LogP contribution in [0.25, 0.3) is 56.7 Å². The second kappa shape index (κ2) is 15.1. The molecule has 2 aliphatic rings. The van der Waals surface area contributed by atoms with Gasteiger partial charge in [0, 0.05) is 16.9 Å². The molecule has 3 aromatic carbocycles. The third-order valence-corrected chi connectivity index (χ3v) is 11.8. The zero-order valence-electron chi connectivity index (χ0n) is 29.8. The number of hydrogen-bond acceptors (Lipinski definition) is 4. The van der Waals surface area contributed by atoms with Crippen molar-refractivity contribution < 1.29 is 25.6 Å². The summed E-state index contributed by atoms with van der Waals surface area (Å²) in [7, 11) is 0. The Morgan fingerprint density at radius 1 is 0.962 bits per heavy atom. The number of halogens is 1. The first-order valence-corrected chi connectivity index (χ1v) is 20.5. The summed E-state index contributed by atoms with van der Waals surface area (Å²) in [6.07, 6.45) is 24.3. The van der Waals surface area contributed by atoms with Crippen LogP contribution in [0.15, 0.2) is 142 Å². The number of fused-ring (bicyclic) bond motifs is 2. The van der Waals surface area contributed by atoms with Crippen molar-refractivity contribution in [3.05, 3.63) is 172 Å². The first-order valence-electron chi connectivity index (χ1n) is 17.8. The minimum absolute atomic E-state index is 0.0383. The zero-order chi connectivity index (χ0) is 36.3. The van der Waals surface area contributed by atoms with Gasteiger partial charge in [-0.15, -0.1) is 6.42 Å². The third-order valence-electron chi connectivity index (χ3n) is 9.72. The Labute approximate surface area is 321 Å². The molecule has 1 atom stereocenters. The van der Waals surface area contributed by atoms with Crippen molar-refractivity contribution in [1.29, 1.82) is 0 Å². The van der Waals surface area contributed by atoms with Crippen molar-refractivity contribution in [3.8, 4) is 46.4 Å². The number of alkyl halides is 1. The van der Waals surface area contributed by atoms with Gasteiger partial charge >= 0.3 is 174 Å². The van der Waals surface area contributed by atoms with Gasteiger partial charge in [0.1, 0.15) is 11.3 Å². The Bertz CT molecular complexity index is 2550. The van der Waals surface area contributed by atoms with Gasteiger partial charge in [0.05, 0.1) is 5.56 Å². The molecule has 0 radical (unpaired) electrons. The predicted octanol–water partition coefficient (Wildman–Crippen LogP) is 7.63. The van der Waals surface area contributed by atoms with Gasteiger partial charge < -0.3 is 4.42 Å². The van der Waals surface area contributed by atoms with Crippen LogP contribution in [0.5, 0.6) is 0 Å². The van der Waals surface area contributed by atoms with Gasteiger partial charge in [-0.3, -0.25) is 0 Å². The van der Waals surface area contributed by atoms with E-state index >= 15 is 0 Å². The second-order valence-electron chi connectivity index (χ2n) is 13.1. The van der Waals surface area contributed by atoms with E-state index in [1.165, 1.54) is 11.1 Å². The van der Waals surface area contributed by atoms with E-state index in [1.807, 2.05) is 62.4 Å². The summed E-state index contributed by atoms with van der Waals surface area (Å²) in [6.45, 7) is 8.66. The van der Waals surface area contributed by atoms with E-state index in [2.05, 4.69) is 100 Å². The second-order valence-corrected chi connectivity index (χ2v) is 15.4. The molecule has 0 saturated heterocycles. The van der Waals surface area contributed by atoms with E-state index in [0.717, 1.165) is 72.4 Å². The van der Waals surface area contributed by atoms with E-state index in [1.54, 1.807) is 0 Å². The van der Waals surface area contributed by atoms with E-state index < -0.39 is 0 Å². The molecule has 3 aromatic heterocycles. The molecular weight excluding hydrogens is 763 g/mol. The van der Waals surface area contributed by atoms with Crippen LogP contribution in [0.3, 0.4) is 0 Å². The van der Waals surface area contributed by atoms with E-state index in [4.69, 9.17) is 25.8 Å². The molecule has 5 nitrogen and oxygen atoms in total. The predicted molar refractivity (Wildman–Crippen MR) is 213 cm³/mol. The molecule has 0 amide bonds. The quantitative estimate of drug-likeness (QED) is 0.0654. The van der Waals surface area contributed by atoms with Gasteiger partial charge in [0.25, 0.3) is 0 Å². The number of rotatable bonds is 9. The molecule has 0 N–H and O–H groups in total. The van der Waals surface area contributed by atoms with Crippen LogP contribution in [0, 0.1) is 25.2 Å². The van der Waals surface area contributed by atoms with E-state index in [0.29, 0.717) is 24.0 Å². The Morgan fingerprint density at radius 3 is 2.42 bits per heavy atom. The monoisotopic (exact) mass is 801 g/mol. The Balaban J connectivity index is 1.22. The fourth-order valence-corrected chi connectivity index (χ4v) is 9.05. The normalized spacial score (nSPS) is 15.6. The first kappa shape index (κ1) is 34.3. The van der Waals surface area contributed by atoms with E-state index in [9.17, 15) is 0 Å². The molecule has 1 unspecified atom stereocenters. The van der Waals surface area contributed by atoms with Gasteiger partial charge in [0.2, 0.25) is 0 Å². The van der Waals surface area contributed by atoms with Crippen molar-refractivity contribution in [2.45, 2.75) is 26.8 Å². The molecular formula is C47H38IN4O-. The summed E-state index contributed by atoms with van der Waals surface area (Å²) in [6, 6.07) is 26.9. The Kier molecular flexibility index (Phi) is 9.75. The van der Waals surface area contributed by atoms with Crippen molar-refractivity contribution in [2.75, 3.05) is 4.43 Å². The number of furan rings is 1. The standard InChI is InChI=1S/C47H38IN4O/c1-5-14-33(15-6-2)36-25-26-41-40(28-36)38(7-3)44(43-31(4)53-42-20-12-11-19-39(42)43)52(41)30-32-21-23-35(24-22-32)46-49-45(34-16-9-8-10-17-34)50-47(51-46)37-18-13-27-48-29-37/h3,5-6,8-26,29,36H,1,27-28,30H2,2,4H3/q-1/b15-6-,33-14+. The molecule has 6 heteroatoms. The average Bonchev–Trinajstić information content (AvgIpc) is 3.70. The minimum Gasteiger partial charge on any atom is -0.461 e. The van der Waals surface area contributed by atoms with Crippen LogP contribution in [0.4, 0.5) is 0 Å². The average molecular weight is 802 g/mol. The number of benzene rings is 3.